The summed E-state index contributed by atoms with van der Waals surface area (Å²) in [5.74, 6) is 0. The van der Waals surface area contributed by atoms with Crippen molar-refractivity contribution in [2.24, 2.45) is 0 Å². The van der Waals surface area contributed by atoms with Gasteiger partial charge in [-0.3, -0.25) is 0 Å². The number of carbonyl (C=O) groups excluding carboxylic acids is 1. The van der Waals surface area contributed by atoms with Crippen LogP contribution in [0.5, 0.6) is 0 Å². The number of aryl methyl sites for hydroxylation is 1. The lowest BCUT2D eigenvalue weighted by Gasteiger charge is -2.41. The van der Waals surface area contributed by atoms with Gasteiger partial charge < -0.3 is 15.1 Å². The Hall–Kier alpha value is -2.49. The maximum atomic E-state index is 12.4. The molecule has 0 aliphatic carbocycles. The second-order valence-electron chi connectivity index (χ2n) is 6.47. The van der Waals surface area contributed by atoms with E-state index in [-0.39, 0.29) is 6.03 Å². The number of carbonyl (C=O) groups is 1. The van der Waals surface area contributed by atoms with Crippen molar-refractivity contribution < 1.29 is 4.79 Å². The summed E-state index contributed by atoms with van der Waals surface area (Å²) in [5.41, 5.74) is 3.63. The van der Waals surface area contributed by atoms with Crippen LogP contribution in [0.1, 0.15) is 18.1 Å². The van der Waals surface area contributed by atoms with E-state index in [4.69, 9.17) is 0 Å². The van der Waals surface area contributed by atoms with Crippen molar-refractivity contribution in [3.63, 3.8) is 0 Å². The lowest BCUT2D eigenvalue weighted by Crippen LogP contribution is -2.55. The number of benzene rings is 2. The molecule has 0 radical (unpaired) electrons. The Morgan fingerprint density at radius 2 is 1.92 bits per heavy atom. The number of nitrogens with one attached hydrogen (secondary N) is 1. The van der Waals surface area contributed by atoms with Crippen molar-refractivity contribution in [2.75, 3.05) is 24.5 Å². The summed E-state index contributed by atoms with van der Waals surface area (Å²) in [7, 11) is 0. The number of rotatable bonds is 3. The Morgan fingerprint density at radius 3 is 2.62 bits per heavy atom. The van der Waals surface area contributed by atoms with E-state index in [2.05, 4.69) is 48.3 Å². The van der Waals surface area contributed by atoms with Crippen molar-refractivity contribution in [3.8, 4) is 0 Å². The van der Waals surface area contributed by atoms with Crippen LogP contribution in [0, 0.1) is 6.92 Å². The number of hydrogen-bond acceptors (Lipinski definition) is 2. The van der Waals surface area contributed by atoms with E-state index in [9.17, 15) is 4.79 Å². The van der Waals surface area contributed by atoms with Crippen molar-refractivity contribution in [2.45, 2.75) is 26.4 Å². The third kappa shape index (κ3) is 3.88. The monoisotopic (exact) mass is 323 g/mol. The van der Waals surface area contributed by atoms with Crippen LogP contribution in [-0.4, -0.2) is 36.6 Å². The second-order valence-corrected chi connectivity index (χ2v) is 6.47. The molecule has 1 unspecified atom stereocenters. The molecule has 0 aromatic heterocycles. The van der Waals surface area contributed by atoms with Crippen LogP contribution < -0.4 is 10.2 Å². The largest absolute Gasteiger partial charge is 0.365 e. The van der Waals surface area contributed by atoms with Gasteiger partial charge in [0.05, 0.1) is 0 Å². The van der Waals surface area contributed by atoms with Crippen molar-refractivity contribution in [3.05, 3.63) is 65.7 Å². The quantitative estimate of drug-likeness (QED) is 0.939. The summed E-state index contributed by atoms with van der Waals surface area (Å²) in [6, 6.07) is 18.9. The SMILES string of the molecule is Cc1cccc(N2CCN(C(=O)NCc3ccccc3)CC2C)c1. The molecule has 4 heteroatoms. The highest BCUT2D eigenvalue weighted by molar-refractivity contribution is 5.74. The molecule has 24 heavy (non-hydrogen) atoms. The predicted molar refractivity (Wildman–Crippen MR) is 98.2 cm³/mol. The maximum absolute atomic E-state index is 12.4. The van der Waals surface area contributed by atoms with E-state index < -0.39 is 0 Å². The molecule has 0 saturated carbocycles. The third-order valence-electron chi connectivity index (χ3n) is 4.53. The average Bonchev–Trinajstić information content (AvgIpc) is 2.60. The topological polar surface area (TPSA) is 35.6 Å². The zero-order valence-corrected chi connectivity index (χ0v) is 14.4. The summed E-state index contributed by atoms with van der Waals surface area (Å²) in [5, 5.41) is 3.02. The molecule has 1 aliphatic rings. The van der Waals surface area contributed by atoms with Gasteiger partial charge >= 0.3 is 6.03 Å². The van der Waals surface area contributed by atoms with Gasteiger partial charge in [0.15, 0.2) is 0 Å². The zero-order valence-electron chi connectivity index (χ0n) is 14.4. The molecule has 1 N–H and O–H groups in total. The molecule has 0 bridgehead atoms. The molecule has 2 amide bonds. The summed E-state index contributed by atoms with van der Waals surface area (Å²) < 4.78 is 0. The normalized spacial score (nSPS) is 17.7. The first-order chi connectivity index (χ1) is 11.6. The van der Waals surface area contributed by atoms with E-state index in [0.29, 0.717) is 12.6 Å². The van der Waals surface area contributed by atoms with E-state index in [1.807, 2.05) is 35.2 Å². The number of anilines is 1. The molecule has 1 aliphatic heterocycles. The standard InChI is InChI=1S/C20H25N3O/c1-16-7-6-10-19(13-16)23-12-11-22(15-17(23)2)20(24)21-14-18-8-4-3-5-9-18/h3-10,13,17H,11-12,14-15H2,1-2H3,(H,21,24). The minimum atomic E-state index is 0.0228. The maximum Gasteiger partial charge on any atom is 0.317 e. The summed E-state index contributed by atoms with van der Waals surface area (Å²) in [6.45, 7) is 7.23. The van der Waals surface area contributed by atoms with Crippen molar-refractivity contribution in [1.29, 1.82) is 0 Å². The van der Waals surface area contributed by atoms with Crippen LogP contribution in [-0.2, 0) is 6.54 Å². The molecule has 3 rings (SSSR count). The van der Waals surface area contributed by atoms with Gasteiger partial charge in [0.25, 0.3) is 0 Å². The van der Waals surface area contributed by atoms with Gasteiger partial charge in [-0.05, 0) is 37.1 Å². The van der Waals surface area contributed by atoms with Gasteiger partial charge in [0, 0.05) is 37.9 Å². The molecule has 1 atom stereocenters. The molecule has 1 heterocycles. The highest BCUT2D eigenvalue weighted by Crippen LogP contribution is 2.21. The van der Waals surface area contributed by atoms with Gasteiger partial charge in [-0.15, -0.1) is 0 Å². The van der Waals surface area contributed by atoms with Gasteiger partial charge in [0.1, 0.15) is 0 Å². The molecule has 2 aromatic rings. The van der Waals surface area contributed by atoms with Crippen LogP contribution in [0.4, 0.5) is 10.5 Å². The van der Waals surface area contributed by atoms with E-state index in [0.717, 1.165) is 25.2 Å². The number of hydrogen-bond donors (Lipinski definition) is 1. The first kappa shape index (κ1) is 16.4. The molecule has 2 aromatic carbocycles. The first-order valence-corrected chi connectivity index (χ1v) is 8.53. The van der Waals surface area contributed by atoms with Crippen LogP contribution in [0.25, 0.3) is 0 Å². The number of piperazine rings is 1. The molecule has 0 spiro atoms. The molecular formula is C20H25N3O. The Kier molecular flexibility index (Phi) is 5.04. The Balaban J connectivity index is 1.56. The average molecular weight is 323 g/mol. The first-order valence-electron chi connectivity index (χ1n) is 8.53. The van der Waals surface area contributed by atoms with Gasteiger partial charge in [-0.25, -0.2) is 4.79 Å². The minimum absolute atomic E-state index is 0.0228. The smallest absolute Gasteiger partial charge is 0.317 e. The van der Waals surface area contributed by atoms with Gasteiger partial charge in [-0.1, -0.05) is 42.5 Å². The van der Waals surface area contributed by atoms with E-state index in [1.54, 1.807) is 0 Å². The van der Waals surface area contributed by atoms with Gasteiger partial charge in [-0.2, -0.15) is 0 Å². The summed E-state index contributed by atoms with van der Waals surface area (Å²) in [4.78, 5) is 16.7. The van der Waals surface area contributed by atoms with E-state index in [1.165, 1.54) is 11.3 Å². The number of urea groups is 1. The zero-order chi connectivity index (χ0) is 16.9. The molecule has 1 fully saturated rings. The molecular weight excluding hydrogens is 298 g/mol. The van der Waals surface area contributed by atoms with Crippen LogP contribution in [0.3, 0.4) is 0 Å². The Labute approximate surface area is 144 Å². The highest BCUT2D eigenvalue weighted by Gasteiger charge is 2.26. The predicted octanol–water partition coefficient (Wildman–Crippen LogP) is 3.42. The van der Waals surface area contributed by atoms with Crippen LogP contribution in [0.15, 0.2) is 54.6 Å². The van der Waals surface area contributed by atoms with Crippen molar-refractivity contribution >= 4 is 11.7 Å². The van der Waals surface area contributed by atoms with E-state index >= 15 is 0 Å². The fourth-order valence-electron chi connectivity index (χ4n) is 3.22. The van der Waals surface area contributed by atoms with Gasteiger partial charge in [0.2, 0.25) is 0 Å². The Morgan fingerprint density at radius 1 is 1.12 bits per heavy atom. The lowest BCUT2D eigenvalue weighted by molar-refractivity contribution is 0.186. The van der Waals surface area contributed by atoms with Crippen LogP contribution >= 0.6 is 0 Å². The van der Waals surface area contributed by atoms with Crippen LogP contribution in [0.2, 0.25) is 0 Å². The molecule has 126 valence electrons. The summed E-state index contributed by atoms with van der Waals surface area (Å²) in [6.07, 6.45) is 0. The Bertz CT molecular complexity index is 686. The fraction of sp³-hybridized carbons (Fsp3) is 0.350. The van der Waals surface area contributed by atoms with Crippen molar-refractivity contribution in [1.82, 2.24) is 10.2 Å². The minimum Gasteiger partial charge on any atom is -0.365 e. The summed E-state index contributed by atoms with van der Waals surface area (Å²) >= 11 is 0. The number of amides is 2. The molecule has 1 saturated heterocycles. The highest BCUT2D eigenvalue weighted by atomic mass is 16.2. The number of nitrogens with zero attached hydrogens (tertiary/aromatic N) is 2. The fourth-order valence-corrected chi connectivity index (χ4v) is 3.22. The second kappa shape index (κ2) is 7.39. The third-order valence-corrected chi connectivity index (χ3v) is 4.53. The lowest BCUT2D eigenvalue weighted by atomic mass is 10.1. The molecule has 4 nitrogen and oxygen atoms in total.